The van der Waals surface area contributed by atoms with Gasteiger partial charge in [-0.25, -0.2) is 0 Å². The van der Waals surface area contributed by atoms with Gasteiger partial charge in [-0.2, -0.15) is 4.37 Å². The van der Waals surface area contributed by atoms with Crippen molar-refractivity contribution < 1.29 is 9.53 Å². The van der Waals surface area contributed by atoms with Crippen LogP contribution in [0.1, 0.15) is 21.6 Å². The summed E-state index contributed by atoms with van der Waals surface area (Å²) in [6.07, 6.45) is 0. The fourth-order valence-corrected chi connectivity index (χ4v) is 2.76. The Kier molecular flexibility index (Phi) is 5.38. The van der Waals surface area contributed by atoms with Crippen LogP contribution in [0.5, 0.6) is 5.75 Å². The van der Waals surface area contributed by atoms with E-state index in [9.17, 15) is 4.79 Å². The van der Waals surface area contributed by atoms with Crippen LogP contribution >= 0.6 is 11.5 Å². The summed E-state index contributed by atoms with van der Waals surface area (Å²) in [7, 11) is 3.57. The van der Waals surface area contributed by atoms with Crippen molar-refractivity contribution in [2.45, 2.75) is 13.8 Å². The molecule has 0 spiro atoms. The zero-order valence-corrected chi connectivity index (χ0v) is 14.2. The van der Waals surface area contributed by atoms with Crippen LogP contribution in [-0.2, 0) is 0 Å². The van der Waals surface area contributed by atoms with E-state index in [-0.39, 0.29) is 5.91 Å². The zero-order chi connectivity index (χ0) is 16.1. The molecule has 1 aromatic carbocycles. The molecule has 2 rings (SSSR count). The van der Waals surface area contributed by atoms with Crippen LogP contribution in [0.3, 0.4) is 0 Å². The average molecular weight is 319 g/mol. The highest BCUT2D eigenvalue weighted by atomic mass is 32.1. The van der Waals surface area contributed by atoms with Crippen molar-refractivity contribution in [3.63, 3.8) is 0 Å². The molecule has 0 aliphatic rings. The first kappa shape index (κ1) is 16.3. The zero-order valence-electron chi connectivity index (χ0n) is 13.3. The van der Waals surface area contributed by atoms with Gasteiger partial charge in [-0.3, -0.25) is 4.79 Å². The quantitative estimate of drug-likeness (QED) is 0.889. The van der Waals surface area contributed by atoms with Gasteiger partial charge in [-0.1, -0.05) is 17.7 Å². The molecule has 0 fully saturated rings. The Morgan fingerprint density at radius 1 is 1.32 bits per heavy atom. The molecule has 0 bridgehead atoms. The molecule has 0 aliphatic carbocycles. The minimum atomic E-state index is -0.0388. The number of nitrogens with zero attached hydrogens (tertiary/aromatic N) is 2. The summed E-state index contributed by atoms with van der Waals surface area (Å²) in [5, 5.41) is 3.82. The van der Waals surface area contributed by atoms with E-state index in [0.717, 1.165) is 16.4 Å². The highest BCUT2D eigenvalue weighted by Gasteiger charge is 2.20. The number of benzene rings is 1. The molecule has 0 radical (unpaired) electrons. The van der Waals surface area contributed by atoms with Gasteiger partial charge in [0.05, 0.1) is 17.8 Å². The molecule has 118 valence electrons. The van der Waals surface area contributed by atoms with Crippen LogP contribution in [0.25, 0.3) is 0 Å². The van der Waals surface area contributed by atoms with Gasteiger partial charge < -0.3 is 15.0 Å². The molecular formula is C16H21N3O2S. The van der Waals surface area contributed by atoms with Crippen molar-refractivity contribution in [3.05, 3.63) is 41.1 Å². The maximum Gasteiger partial charge on any atom is 0.258 e. The molecule has 0 saturated heterocycles. The molecule has 0 unspecified atom stereocenters. The first-order valence-corrected chi connectivity index (χ1v) is 7.89. The lowest BCUT2D eigenvalue weighted by Gasteiger charge is -2.18. The Hall–Kier alpha value is -2.08. The van der Waals surface area contributed by atoms with Crippen LogP contribution in [0.4, 0.5) is 5.00 Å². The maximum absolute atomic E-state index is 12.5. The molecule has 1 heterocycles. The third-order valence-corrected chi connectivity index (χ3v) is 4.32. The van der Waals surface area contributed by atoms with E-state index in [2.05, 4.69) is 9.69 Å². The molecule has 0 aliphatic heterocycles. The van der Waals surface area contributed by atoms with Crippen LogP contribution in [0.15, 0.2) is 24.3 Å². The van der Waals surface area contributed by atoms with Gasteiger partial charge in [0.1, 0.15) is 17.4 Å². The Bertz CT molecular complexity index is 637. The van der Waals surface area contributed by atoms with Gasteiger partial charge in [0.15, 0.2) is 0 Å². The highest BCUT2D eigenvalue weighted by Crippen LogP contribution is 2.25. The van der Waals surface area contributed by atoms with Crippen molar-refractivity contribution >= 4 is 22.4 Å². The maximum atomic E-state index is 12.5. The number of amides is 1. The number of anilines is 1. The number of carbonyl (C=O) groups is 1. The molecule has 5 nitrogen and oxygen atoms in total. The smallest absolute Gasteiger partial charge is 0.258 e. The van der Waals surface area contributed by atoms with Gasteiger partial charge in [-0.15, -0.1) is 0 Å². The van der Waals surface area contributed by atoms with Gasteiger partial charge in [-0.05, 0) is 37.5 Å². The number of carbonyl (C=O) groups excluding carboxylic acids is 1. The Labute approximate surface area is 135 Å². The number of likely N-dealkylation sites (N-methyl/N-ethyl adjacent to an activating group) is 1. The topological polar surface area (TPSA) is 54.5 Å². The molecule has 1 amide bonds. The monoisotopic (exact) mass is 319 g/mol. The van der Waals surface area contributed by atoms with Crippen molar-refractivity contribution in [1.82, 2.24) is 9.27 Å². The van der Waals surface area contributed by atoms with Crippen molar-refractivity contribution in [1.29, 1.82) is 0 Å². The van der Waals surface area contributed by atoms with Crippen molar-refractivity contribution in [2.75, 3.05) is 32.6 Å². The highest BCUT2D eigenvalue weighted by molar-refractivity contribution is 7.10. The minimum Gasteiger partial charge on any atom is -0.492 e. The van der Waals surface area contributed by atoms with Gasteiger partial charge in [0, 0.05) is 14.1 Å². The van der Waals surface area contributed by atoms with E-state index >= 15 is 0 Å². The third kappa shape index (κ3) is 3.76. The summed E-state index contributed by atoms with van der Waals surface area (Å²) < 4.78 is 9.89. The summed E-state index contributed by atoms with van der Waals surface area (Å²) in [6, 6.07) is 7.87. The number of hydrogen-bond donors (Lipinski definition) is 1. The summed E-state index contributed by atoms with van der Waals surface area (Å²) in [5.41, 5.74) is 2.59. The molecule has 2 aromatic rings. The lowest BCUT2D eigenvalue weighted by molar-refractivity contribution is 0.0774. The first-order chi connectivity index (χ1) is 10.5. The van der Waals surface area contributed by atoms with Crippen LogP contribution in [0.2, 0.25) is 0 Å². The Morgan fingerprint density at radius 2 is 2.00 bits per heavy atom. The lowest BCUT2D eigenvalue weighted by atomic mass is 10.2. The first-order valence-electron chi connectivity index (χ1n) is 7.12. The Balaban J connectivity index is 1.91. The van der Waals surface area contributed by atoms with Crippen LogP contribution < -0.4 is 10.1 Å². The van der Waals surface area contributed by atoms with Crippen LogP contribution in [0, 0.1) is 13.8 Å². The van der Waals surface area contributed by atoms with Gasteiger partial charge in [0.25, 0.3) is 5.91 Å². The number of hydrogen-bond acceptors (Lipinski definition) is 5. The SMILES string of the molecule is CNc1snc(C)c1C(=O)N(C)CCOc1ccc(C)cc1. The number of aromatic nitrogens is 1. The van der Waals surface area contributed by atoms with E-state index in [1.807, 2.05) is 38.1 Å². The molecule has 1 aromatic heterocycles. The summed E-state index contributed by atoms with van der Waals surface area (Å²) >= 11 is 1.30. The third-order valence-electron chi connectivity index (χ3n) is 3.37. The fourth-order valence-electron chi connectivity index (χ4n) is 2.02. The Morgan fingerprint density at radius 3 is 2.64 bits per heavy atom. The second kappa shape index (κ2) is 7.26. The number of aryl methyl sites for hydroxylation is 2. The summed E-state index contributed by atoms with van der Waals surface area (Å²) in [6.45, 7) is 4.86. The van der Waals surface area contributed by atoms with Gasteiger partial charge in [0.2, 0.25) is 0 Å². The predicted octanol–water partition coefficient (Wildman–Crippen LogP) is 2.95. The van der Waals surface area contributed by atoms with Gasteiger partial charge >= 0.3 is 0 Å². The lowest BCUT2D eigenvalue weighted by Crippen LogP contribution is -2.31. The average Bonchev–Trinajstić information content (AvgIpc) is 2.89. The van der Waals surface area contributed by atoms with E-state index in [4.69, 9.17) is 4.74 Å². The standard InChI is InChI=1S/C16H21N3O2S/c1-11-5-7-13(8-6-11)21-10-9-19(4)16(20)14-12(2)18-22-15(14)17-3/h5-8,17H,9-10H2,1-4H3. The molecule has 0 saturated carbocycles. The molecule has 22 heavy (non-hydrogen) atoms. The molecule has 1 N–H and O–H groups in total. The number of nitrogens with one attached hydrogen (secondary N) is 1. The number of ether oxygens (including phenoxy) is 1. The predicted molar refractivity (Wildman–Crippen MR) is 90.0 cm³/mol. The second-order valence-electron chi connectivity index (χ2n) is 5.11. The minimum absolute atomic E-state index is 0.0388. The normalized spacial score (nSPS) is 10.4. The van der Waals surface area contributed by atoms with E-state index in [1.54, 1.807) is 19.0 Å². The van der Waals surface area contributed by atoms with Crippen molar-refractivity contribution in [3.8, 4) is 5.75 Å². The van der Waals surface area contributed by atoms with E-state index < -0.39 is 0 Å². The molecular weight excluding hydrogens is 298 g/mol. The summed E-state index contributed by atoms with van der Waals surface area (Å²) in [4.78, 5) is 14.1. The summed E-state index contributed by atoms with van der Waals surface area (Å²) in [5.74, 6) is 0.777. The van der Waals surface area contributed by atoms with Crippen molar-refractivity contribution in [2.24, 2.45) is 0 Å². The largest absolute Gasteiger partial charge is 0.492 e. The van der Waals surface area contributed by atoms with Crippen LogP contribution in [-0.4, -0.2) is 42.4 Å². The number of rotatable bonds is 6. The van der Waals surface area contributed by atoms with E-state index in [1.165, 1.54) is 17.1 Å². The molecule has 6 heteroatoms. The second-order valence-corrected chi connectivity index (χ2v) is 5.88. The van der Waals surface area contributed by atoms with E-state index in [0.29, 0.717) is 18.7 Å². The molecule has 0 atom stereocenters. The fraction of sp³-hybridized carbons (Fsp3) is 0.375.